The van der Waals surface area contributed by atoms with Gasteiger partial charge in [0.2, 0.25) is 5.91 Å². The quantitative estimate of drug-likeness (QED) is 0.156. The number of para-hydroxylation sites is 1. The summed E-state index contributed by atoms with van der Waals surface area (Å²) in [6.45, 7) is -0.00304. The third-order valence-electron chi connectivity index (χ3n) is 6.22. The summed E-state index contributed by atoms with van der Waals surface area (Å²) in [7, 11) is 1.48. The summed E-state index contributed by atoms with van der Waals surface area (Å²) >= 11 is 6.87. The van der Waals surface area contributed by atoms with E-state index in [-0.39, 0.29) is 10.6 Å². The zero-order valence-corrected chi connectivity index (χ0v) is 22.6. The summed E-state index contributed by atoms with van der Waals surface area (Å²) < 4.78 is 7.07. The Kier molecular flexibility index (Phi) is 7.58. The van der Waals surface area contributed by atoms with Crippen molar-refractivity contribution in [2.24, 2.45) is 0 Å². The number of amides is 3. The number of carbonyl (C=O) groups excluding carboxylic acids is 3. The number of nitrogens with one attached hydrogen (secondary N) is 1. The normalized spacial score (nSPS) is 14.2. The van der Waals surface area contributed by atoms with Gasteiger partial charge in [-0.2, -0.15) is 0 Å². The number of ether oxygens (including phenoxy) is 1. The van der Waals surface area contributed by atoms with Crippen LogP contribution in [0.4, 0.5) is 16.2 Å². The molecule has 10 nitrogen and oxygen atoms in total. The number of benzene rings is 3. The largest absolute Gasteiger partial charge is 0.495 e. The molecule has 4 aromatic rings. The number of hydrogen-bond acceptors (Lipinski definition) is 7. The van der Waals surface area contributed by atoms with Gasteiger partial charge in [-0.1, -0.05) is 41.9 Å². The fourth-order valence-electron chi connectivity index (χ4n) is 4.31. The number of fused-ring (bicyclic) bond motifs is 1. The first-order valence-electron chi connectivity index (χ1n) is 11.9. The Bertz CT molecular complexity index is 1700. The molecule has 1 N–H and O–H groups in total. The van der Waals surface area contributed by atoms with Gasteiger partial charge >= 0.3 is 0 Å². The number of halogens is 1. The van der Waals surface area contributed by atoms with Crippen molar-refractivity contribution in [1.82, 2.24) is 9.47 Å². The smallest absolute Gasteiger partial charge is 0.294 e. The lowest BCUT2D eigenvalue weighted by atomic mass is 10.1. The number of anilines is 1. The fraction of sp³-hybridized carbons (Fsp3) is 0.107. The van der Waals surface area contributed by atoms with Crippen molar-refractivity contribution in [2.75, 3.05) is 19.0 Å². The molecule has 0 aliphatic carbocycles. The van der Waals surface area contributed by atoms with Crippen molar-refractivity contribution < 1.29 is 24.0 Å². The second-order valence-electron chi connectivity index (χ2n) is 8.82. The predicted molar refractivity (Wildman–Crippen MR) is 153 cm³/mol. The second kappa shape index (κ2) is 11.2. The van der Waals surface area contributed by atoms with Gasteiger partial charge in [0.05, 0.1) is 22.0 Å². The van der Waals surface area contributed by atoms with E-state index < -0.39 is 28.5 Å². The Balaban J connectivity index is 1.34. The highest BCUT2D eigenvalue weighted by Gasteiger charge is 2.36. The highest BCUT2D eigenvalue weighted by Crippen LogP contribution is 2.34. The van der Waals surface area contributed by atoms with Crippen LogP contribution in [0.25, 0.3) is 17.0 Å². The number of nitrogens with zero attached hydrogens (tertiary/aromatic N) is 3. The Labute approximate surface area is 237 Å². The highest BCUT2D eigenvalue weighted by atomic mass is 35.5. The first kappa shape index (κ1) is 27.0. The fourth-order valence-corrected chi connectivity index (χ4v) is 5.39. The van der Waals surface area contributed by atoms with Crippen LogP contribution in [0.15, 0.2) is 77.8 Å². The van der Waals surface area contributed by atoms with Gasteiger partial charge in [0.1, 0.15) is 12.3 Å². The van der Waals surface area contributed by atoms with Crippen LogP contribution in [0.2, 0.25) is 5.02 Å². The number of nitro benzene ring substituents is 1. The predicted octanol–water partition coefficient (Wildman–Crippen LogP) is 5.93. The summed E-state index contributed by atoms with van der Waals surface area (Å²) in [5.41, 5.74) is 2.89. The number of nitro groups is 1. The van der Waals surface area contributed by atoms with Crippen molar-refractivity contribution >= 4 is 68.8 Å². The van der Waals surface area contributed by atoms with Crippen LogP contribution >= 0.6 is 23.4 Å². The topological polar surface area (TPSA) is 124 Å². The number of aromatic nitrogens is 1. The molecule has 1 fully saturated rings. The maximum atomic E-state index is 13.1. The number of imide groups is 1. The molecule has 202 valence electrons. The van der Waals surface area contributed by atoms with Crippen molar-refractivity contribution in [3.8, 4) is 5.75 Å². The van der Waals surface area contributed by atoms with Gasteiger partial charge in [-0.05, 0) is 47.7 Å². The first-order chi connectivity index (χ1) is 19.2. The van der Waals surface area contributed by atoms with Crippen molar-refractivity contribution in [1.29, 1.82) is 0 Å². The van der Waals surface area contributed by atoms with E-state index in [9.17, 15) is 24.5 Å². The molecule has 5 rings (SSSR count). The molecule has 3 aromatic carbocycles. The summed E-state index contributed by atoms with van der Waals surface area (Å²) in [6.07, 6.45) is 3.50. The molecule has 0 spiro atoms. The lowest BCUT2D eigenvalue weighted by Gasteiger charge is -2.13. The number of methoxy groups -OCH3 is 1. The first-order valence-corrected chi connectivity index (χ1v) is 13.1. The average Bonchev–Trinajstić information content (AvgIpc) is 3.40. The zero-order valence-electron chi connectivity index (χ0n) is 21.0. The minimum atomic E-state index is -0.565. The molecule has 40 heavy (non-hydrogen) atoms. The molecule has 0 radical (unpaired) electrons. The molecule has 0 bridgehead atoms. The van der Waals surface area contributed by atoms with Crippen molar-refractivity contribution in [2.45, 2.75) is 6.54 Å². The molecule has 0 atom stereocenters. The van der Waals surface area contributed by atoms with E-state index in [0.717, 1.165) is 38.7 Å². The lowest BCUT2D eigenvalue weighted by molar-refractivity contribution is -0.384. The van der Waals surface area contributed by atoms with Gasteiger partial charge in [-0.3, -0.25) is 29.4 Å². The van der Waals surface area contributed by atoms with Crippen LogP contribution in [0.1, 0.15) is 11.1 Å². The number of hydrogen-bond donors (Lipinski definition) is 1. The molecule has 2 heterocycles. The van der Waals surface area contributed by atoms with E-state index in [1.54, 1.807) is 30.3 Å². The molecular weight excluding hydrogens is 556 g/mol. The van der Waals surface area contributed by atoms with E-state index in [2.05, 4.69) is 5.32 Å². The zero-order chi connectivity index (χ0) is 28.4. The van der Waals surface area contributed by atoms with E-state index >= 15 is 0 Å². The van der Waals surface area contributed by atoms with Gasteiger partial charge < -0.3 is 14.6 Å². The summed E-state index contributed by atoms with van der Waals surface area (Å²) in [4.78, 5) is 50.0. The Morgan fingerprint density at radius 1 is 1.12 bits per heavy atom. The van der Waals surface area contributed by atoms with Gasteiger partial charge in [0, 0.05) is 47.0 Å². The van der Waals surface area contributed by atoms with Gasteiger partial charge in [-0.25, -0.2) is 0 Å². The van der Waals surface area contributed by atoms with Gasteiger partial charge in [0.15, 0.2) is 0 Å². The van der Waals surface area contributed by atoms with Crippen LogP contribution in [-0.2, 0) is 16.1 Å². The maximum Gasteiger partial charge on any atom is 0.294 e. The molecule has 1 aliphatic heterocycles. The third-order valence-corrected chi connectivity index (χ3v) is 7.42. The van der Waals surface area contributed by atoms with Crippen molar-refractivity contribution in [3.05, 3.63) is 104 Å². The van der Waals surface area contributed by atoms with E-state index in [1.807, 2.05) is 35.0 Å². The SMILES string of the molecule is COc1ccc(NC(=O)CN2C(=O)S/C(=C\c3cn(Cc4ccc([N+](=O)[O-])cc4)c4ccccc34)C2=O)cc1Cl. The van der Waals surface area contributed by atoms with Crippen LogP contribution in [0.5, 0.6) is 5.75 Å². The summed E-state index contributed by atoms with van der Waals surface area (Å²) in [5, 5.41) is 14.2. The molecule has 0 unspecified atom stereocenters. The minimum absolute atomic E-state index is 0.0130. The maximum absolute atomic E-state index is 13.1. The van der Waals surface area contributed by atoms with Crippen LogP contribution < -0.4 is 10.1 Å². The summed E-state index contributed by atoms with van der Waals surface area (Å²) in [6, 6.07) is 18.6. The number of thioether (sulfide) groups is 1. The standard InChI is InChI=1S/C28H21ClN4O6S/c1-39-24-11-8-19(13-22(24)29)30-26(34)16-32-27(35)25(40-28(32)36)12-18-15-31(23-5-3-2-4-21(18)23)14-17-6-9-20(10-7-17)33(37)38/h2-13,15H,14,16H2,1H3,(H,30,34)/b25-12-. The Hall–Kier alpha value is -4.61. The van der Waals surface area contributed by atoms with Crippen LogP contribution in [0.3, 0.4) is 0 Å². The van der Waals surface area contributed by atoms with E-state index in [1.165, 1.54) is 25.3 Å². The molecule has 0 saturated carbocycles. The second-order valence-corrected chi connectivity index (χ2v) is 10.2. The number of non-ortho nitro benzene ring substituents is 1. The molecular formula is C28H21ClN4O6S. The van der Waals surface area contributed by atoms with Crippen LogP contribution in [-0.4, -0.2) is 45.1 Å². The van der Waals surface area contributed by atoms with E-state index in [0.29, 0.717) is 23.0 Å². The van der Waals surface area contributed by atoms with E-state index in [4.69, 9.17) is 16.3 Å². The van der Waals surface area contributed by atoms with Gasteiger partial charge in [0.25, 0.3) is 16.8 Å². The van der Waals surface area contributed by atoms with Crippen LogP contribution in [0, 0.1) is 10.1 Å². The molecule has 1 saturated heterocycles. The highest BCUT2D eigenvalue weighted by molar-refractivity contribution is 8.18. The number of carbonyl (C=O) groups is 3. The molecule has 12 heteroatoms. The Morgan fingerprint density at radius 2 is 1.88 bits per heavy atom. The molecule has 1 aliphatic rings. The van der Waals surface area contributed by atoms with Gasteiger partial charge in [-0.15, -0.1) is 0 Å². The molecule has 1 aromatic heterocycles. The lowest BCUT2D eigenvalue weighted by Crippen LogP contribution is -2.36. The number of rotatable bonds is 8. The average molecular weight is 577 g/mol. The molecule has 3 amide bonds. The third kappa shape index (κ3) is 5.56. The summed E-state index contributed by atoms with van der Waals surface area (Å²) in [5.74, 6) is -0.667. The van der Waals surface area contributed by atoms with Crippen molar-refractivity contribution in [3.63, 3.8) is 0 Å². The Morgan fingerprint density at radius 3 is 2.58 bits per heavy atom. The monoisotopic (exact) mass is 576 g/mol. The minimum Gasteiger partial charge on any atom is -0.495 e.